The third kappa shape index (κ3) is 3.83. The van der Waals surface area contributed by atoms with E-state index in [4.69, 9.17) is 5.73 Å². The maximum atomic E-state index is 13.3. The fourth-order valence-corrected chi connectivity index (χ4v) is 2.62. The molecule has 1 aromatic carbocycles. The minimum atomic E-state index is -0.184. The van der Waals surface area contributed by atoms with E-state index in [0.29, 0.717) is 15.2 Å². The van der Waals surface area contributed by atoms with Gasteiger partial charge in [-0.15, -0.1) is 11.8 Å². The van der Waals surface area contributed by atoms with Gasteiger partial charge in [-0.05, 0) is 40.6 Å². The zero-order valence-corrected chi connectivity index (χ0v) is 11.9. The van der Waals surface area contributed by atoms with Gasteiger partial charge in [-0.25, -0.2) is 4.39 Å². The smallest absolute Gasteiger partial charge is 0.137 e. The molecular formula is C11H15FINS. The highest BCUT2D eigenvalue weighted by Crippen LogP contribution is 2.30. The minimum Gasteiger partial charge on any atom is -0.398 e. The summed E-state index contributed by atoms with van der Waals surface area (Å²) >= 11 is 3.59. The van der Waals surface area contributed by atoms with Gasteiger partial charge < -0.3 is 5.73 Å². The van der Waals surface area contributed by atoms with E-state index in [1.807, 2.05) is 22.6 Å². The molecular weight excluding hydrogens is 324 g/mol. The Morgan fingerprint density at radius 2 is 2.20 bits per heavy atom. The highest BCUT2D eigenvalue weighted by atomic mass is 127. The van der Waals surface area contributed by atoms with Gasteiger partial charge >= 0.3 is 0 Å². The molecule has 0 saturated carbocycles. The van der Waals surface area contributed by atoms with Crippen molar-refractivity contribution in [2.45, 2.75) is 25.2 Å². The summed E-state index contributed by atoms with van der Waals surface area (Å²) in [5, 5.41) is 0. The third-order valence-corrected chi connectivity index (χ3v) is 4.50. The number of nitrogens with two attached hydrogens (primary N) is 1. The first-order chi connectivity index (χ1) is 7.04. The molecule has 0 fully saturated rings. The van der Waals surface area contributed by atoms with Gasteiger partial charge in [0.15, 0.2) is 0 Å². The van der Waals surface area contributed by atoms with E-state index in [1.165, 1.54) is 6.07 Å². The Morgan fingerprint density at radius 3 is 2.80 bits per heavy atom. The molecule has 15 heavy (non-hydrogen) atoms. The van der Waals surface area contributed by atoms with Crippen molar-refractivity contribution in [2.24, 2.45) is 5.92 Å². The van der Waals surface area contributed by atoms with E-state index in [9.17, 15) is 4.39 Å². The lowest BCUT2D eigenvalue weighted by atomic mass is 10.2. The Morgan fingerprint density at radius 1 is 1.53 bits per heavy atom. The molecule has 0 amide bonds. The molecule has 1 atom stereocenters. The molecule has 1 unspecified atom stereocenters. The van der Waals surface area contributed by atoms with Crippen LogP contribution in [0.15, 0.2) is 17.0 Å². The first kappa shape index (κ1) is 13.1. The van der Waals surface area contributed by atoms with Crippen LogP contribution in [0.2, 0.25) is 0 Å². The standard InChI is InChI=1S/C11H15FINS/c1-3-7(2)6-15-11-4-8(12)9(13)5-10(11)14/h4-5,7H,3,6,14H2,1-2H3. The number of hydrogen-bond donors (Lipinski definition) is 1. The van der Waals surface area contributed by atoms with Crippen LogP contribution in [0.3, 0.4) is 0 Å². The minimum absolute atomic E-state index is 0.184. The van der Waals surface area contributed by atoms with E-state index in [2.05, 4.69) is 13.8 Å². The largest absolute Gasteiger partial charge is 0.398 e. The monoisotopic (exact) mass is 339 g/mol. The Hall–Kier alpha value is 0.0300. The van der Waals surface area contributed by atoms with Crippen LogP contribution in [-0.2, 0) is 0 Å². The van der Waals surface area contributed by atoms with Gasteiger partial charge in [-0.1, -0.05) is 20.3 Å². The van der Waals surface area contributed by atoms with Crippen LogP contribution in [-0.4, -0.2) is 5.75 Å². The average molecular weight is 339 g/mol. The number of anilines is 1. The SMILES string of the molecule is CCC(C)CSc1cc(F)c(I)cc1N. The number of halogens is 2. The van der Waals surface area contributed by atoms with Gasteiger partial charge in [-0.3, -0.25) is 0 Å². The van der Waals surface area contributed by atoms with Crippen molar-refractivity contribution in [3.8, 4) is 0 Å². The Kier molecular flexibility index (Phi) is 5.18. The van der Waals surface area contributed by atoms with E-state index < -0.39 is 0 Å². The van der Waals surface area contributed by atoms with Gasteiger partial charge in [0.2, 0.25) is 0 Å². The Bertz CT molecular complexity index is 344. The fourth-order valence-electron chi connectivity index (χ4n) is 1.02. The van der Waals surface area contributed by atoms with Crippen LogP contribution in [0.1, 0.15) is 20.3 Å². The van der Waals surface area contributed by atoms with Gasteiger partial charge in [-0.2, -0.15) is 0 Å². The lowest BCUT2D eigenvalue weighted by Gasteiger charge is -2.10. The molecule has 1 aromatic rings. The van der Waals surface area contributed by atoms with Crippen LogP contribution in [0.25, 0.3) is 0 Å². The summed E-state index contributed by atoms with van der Waals surface area (Å²) in [5.41, 5.74) is 6.50. The summed E-state index contributed by atoms with van der Waals surface area (Å²) in [4.78, 5) is 0.855. The van der Waals surface area contributed by atoms with Gasteiger partial charge in [0.05, 0.1) is 3.57 Å². The molecule has 0 radical (unpaired) electrons. The van der Waals surface area contributed by atoms with Gasteiger partial charge in [0.1, 0.15) is 5.82 Å². The maximum absolute atomic E-state index is 13.3. The normalized spacial score (nSPS) is 12.8. The number of benzene rings is 1. The van der Waals surface area contributed by atoms with Crippen molar-refractivity contribution in [3.05, 3.63) is 21.5 Å². The molecule has 0 bridgehead atoms. The van der Waals surface area contributed by atoms with Crippen LogP contribution >= 0.6 is 34.4 Å². The summed E-state index contributed by atoms with van der Waals surface area (Å²) in [5.74, 6) is 1.44. The molecule has 0 spiro atoms. The lowest BCUT2D eigenvalue weighted by Crippen LogP contribution is -1.98. The first-order valence-electron chi connectivity index (χ1n) is 4.92. The molecule has 4 heteroatoms. The van der Waals surface area contributed by atoms with E-state index >= 15 is 0 Å². The zero-order chi connectivity index (χ0) is 11.4. The summed E-state index contributed by atoms with van der Waals surface area (Å²) < 4.78 is 13.9. The maximum Gasteiger partial charge on any atom is 0.137 e. The second-order valence-corrected chi connectivity index (χ2v) is 5.85. The van der Waals surface area contributed by atoms with Crippen molar-refractivity contribution < 1.29 is 4.39 Å². The predicted molar refractivity (Wildman–Crippen MR) is 73.7 cm³/mol. The highest BCUT2D eigenvalue weighted by Gasteiger charge is 2.08. The van der Waals surface area contributed by atoms with Crippen LogP contribution in [0.5, 0.6) is 0 Å². The molecule has 1 nitrogen and oxygen atoms in total. The van der Waals surface area contributed by atoms with Crippen molar-refractivity contribution in [3.63, 3.8) is 0 Å². The van der Waals surface area contributed by atoms with Crippen molar-refractivity contribution >= 4 is 40.0 Å². The van der Waals surface area contributed by atoms with E-state index in [-0.39, 0.29) is 5.82 Å². The molecule has 0 aromatic heterocycles. The Balaban J connectivity index is 2.73. The van der Waals surface area contributed by atoms with Gasteiger partial charge in [0.25, 0.3) is 0 Å². The molecule has 0 aliphatic carbocycles. The summed E-state index contributed by atoms with van der Waals surface area (Å²) in [6, 6.07) is 3.22. The van der Waals surface area contributed by atoms with Crippen LogP contribution < -0.4 is 5.73 Å². The zero-order valence-electron chi connectivity index (χ0n) is 8.89. The van der Waals surface area contributed by atoms with Gasteiger partial charge in [0, 0.05) is 16.3 Å². The highest BCUT2D eigenvalue weighted by molar-refractivity contribution is 14.1. The number of hydrogen-bond acceptors (Lipinski definition) is 2. The molecule has 1 rings (SSSR count). The fraction of sp³-hybridized carbons (Fsp3) is 0.455. The summed E-state index contributed by atoms with van der Waals surface area (Å²) in [7, 11) is 0. The van der Waals surface area contributed by atoms with E-state index in [1.54, 1.807) is 17.8 Å². The number of thioether (sulfide) groups is 1. The van der Waals surface area contributed by atoms with E-state index in [0.717, 1.165) is 17.1 Å². The average Bonchev–Trinajstić information content (AvgIpc) is 2.21. The predicted octanol–water partition coefficient (Wildman–Crippen LogP) is 4.15. The van der Waals surface area contributed by atoms with Crippen LogP contribution in [0, 0.1) is 15.3 Å². The first-order valence-corrected chi connectivity index (χ1v) is 6.98. The van der Waals surface area contributed by atoms with Crippen molar-refractivity contribution in [2.75, 3.05) is 11.5 Å². The van der Waals surface area contributed by atoms with Crippen molar-refractivity contribution in [1.82, 2.24) is 0 Å². The molecule has 0 heterocycles. The molecule has 84 valence electrons. The summed E-state index contributed by atoms with van der Waals surface area (Å²) in [6.07, 6.45) is 1.14. The third-order valence-electron chi connectivity index (χ3n) is 2.27. The van der Waals surface area contributed by atoms with Crippen LogP contribution in [0.4, 0.5) is 10.1 Å². The Labute approximate surface area is 108 Å². The topological polar surface area (TPSA) is 26.0 Å². The number of rotatable bonds is 4. The van der Waals surface area contributed by atoms with Crippen molar-refractivity contribution in [1.29, 1.82) is 0 Å². The second-order valence-electron chi connectivity index (χ2n) is 3.63. The molecule has 2 N–H and O–H groups in total. The number of nitrogen functional groups attached to an aromatic ring is 1. The molecule has 0 aliphatic heterocycles. The quantitative estimate of drug-likeness (QED) is 0.507. The second kappa shape index (κ2) is 5.94. The molecule has 0 aliphatic rings. The summed E-state index contributed by atoms with van der Waals surface area (Å²) in [6.45, 7) is 4.34. The lowest BCUT2D eigenvalue weighted by molar-refractivity contribution is 0.616. The molecule has 0 saturated heterocycles.